The second-order valence-corrected chi connectivity index (χ2v) is 4.15. The lowest BCUT2D eigenvalue weighted by Gasteiger charge is -1.94. The second-order valence-electron chi connectivity index (χ2n) is 4.15. The molecule has 0 aliphatic carbocycles. The summed E-state index contributed by atoms with van der Waals surface area (Å²) in [5.74, 6) is 14.0. The Morgan fingerprint density at radius 1 is 0.947 bits per heavy atom. The summed E-state index contributed by atoms with van der Waals surface area (Å²) in [6, 6.07) is 0. The summed E-state index contributed by atoms with van der Waals surface area (Å²) in [4.78, 5) is 10.8. The number of hydrogen-bond donors (Lipinski definition) is 0. The molecule has 0 N–H and O–H groups in total. The van der Waals surface area contributed by atoms with E-state index in [0.717, 1.165) is 32.1 Å². The number of unbranched alkanes of at least 4 members (excludes halogenated alkanes) is 6. The molecule has 0 radical (unpaired) electrons. The number of terminal acetylenes is 1. The van der Waals surface area contributed by atoms with E-state index in [1.807, 2.05) is 0 Å². The summed E-state index contributed by atoms with van der Waals surface area (Å²) < 4.78 is 4.53. The molecule has 0 amide bonds. The van der Waals surface area contributed by atoms with E-state index in [9.17, 15) is 4.79 Å². The molecule has 0 aliphatic rings. The molecule has 0 aromatic carbocycles. The van der Waals surface area contributed by atoms with Crippen LogP contribution < -0.4 is 0 Å². The molecule has 0 fully saturated rings. The highest BCUT2D eigenvalue weighted by atomic mass is 16.5. The van der Waals surface area contributed by atoms with E-state index in [1.54, 1.807) is 0 Å². The zero-order valence-electron chi connectivity index (χ0n) is 11.8. The van der Waals surface area contributed by atoms with Crippen molar-refractivity contribution < 1.29 is 9.53 Å². The minimum atomic E-state index is -0.183. The minimum absolute atomic E-state index is 0.183. The lowest BCUT2D eigenvalue weighted by atomic mass is 10.1. The van der Waals surface area contributed by atoms with E-state index < -0.39 is 0 Å². The molecule has 102 valence electrons. The molecule has 0 aromatic rings. The summed E-state index contributed by atoms with van der Waals surface area (Å²) in [5, 5.41) is 0. The standard InChI is InChI=1S/C17H22O2/c1-3-4-5-6-7-8-9-10-11-12-13-14-15-16-17(18)19-2/h1H,4-9,14-16H2,2H3. The van der Waals surface area contributed by atoms with Gasteiger partial charge in [-0.1, -0.05) is 24.7 Å². The first kappa shape index (κ1) is 17.2. The van der Waals surface area contributed by atoms with Crippen molar-refractivity contribution in [3.8, 4) is 36.0 Å². The molecule has 0 aromatic heterocycles. The molecule has 0 heterocycles. The molecule has 0 rings (SSSR count). The molecular formula is C17H22O2. The summed E-state index contributed by atoms with van der Waals surface area (Å²) in [7, 11) is 1.39. The number of ether oxygens (including phenoxy) is 1. The molecule has 2 nitrogen and oxygen atoms in total. The van der Waals surface area contributed by atoms with Crippen LogP contribution in [-0.4, -0.2) is 13.1 Å². The van der Waals surface area contributed by atoms with Crippen molar-refractivity contribution in [2.75, 3.05) is 7.11 Å². The van der Waals surface area contributed by atoms with E-state index in [4.69, 9.17) is 6.42 Å². The van der Waals surface area contributed by atoms with Crippen molar-refractivity contribution in [2.45, 2.75) is 57.8 Å². The SMILES string of the molecule is C#CCCCCCCC#CC#CCCCC(=O)OC. The lowest BCUT2D eigenvalue weighted by molar-refractivity contribution is -0.140. The van der Waals surface area contributed by atoms with Gasteiger partial charge in [0, 0.05) is 25.7 Å². The van der Waals surface area contributed by atoms with Gasteiger partial charge in [-0.2, -0.15) is 0 Å². The van der Waals surface area contributed by atoms with E-state index in [1.165, 1.54) is 20.0 Å². The van der Waals surface area contributed by atoms with Crippen LogP contribution in [-0.2, 0) is 9.53 Å². The van der Waals surface area contributed by atoms with Gasteiger partial charge in [0.15, 0.2) is 0 Å². The van der Waals surface area contributed by atoms with Crippen molar-refractivity contribution >= 4 is 5.97 Å². The van der Waals surface area contributed by atoms with Crippen LogP contribution in [0, 0.1) is 36.0 Å². The van der Waals surface area contributed by atoms with Gasteiger partial charge in [-0.25, -0.2) is 0 Å². The lowest BCUT2D eigenvalue weighted by Crippen LogP contribution is -1.98. The van der Waals surface area contributed by atoms with Crippen LogP contribution in [0.4, 0.5) is 0 Å². The fraction of sp³-hybridized carbons (Fsp3) is 0.588. The van der Waals surface area contributed by atoms with Crippen molar-refractivity contribution in [1.82, 2.24) is 0 Å². The largest absolute Gasteiger partial charge is 0.469 e. The Balaban J connectivity index is 3.39. The van der Waals surface area contributed by atoms with Gasteiger partial charge in [0.1, 0.15) is 0 Å². The van der Waals surface area contributed by atoms with E-state index >= 15 is 0 Å². The maximum absolute atomic E-state index is 10.8. The highest BCUT2D eigenvalue weighted by Crippen LogP contribution is 2.03. The van der Waals surface area contributed by atoms with E-state index in [-0.39, 0.29) is 5.97 Å². The molecule has 19 heavy (non-hydrogen) atoms. The van der Waals surface area contributed by atoms with Crippen molar-refractivity contribution in [3.05, 3.63) is 0 Å². The molecule has 0 atom stereocenters. The Bertz CT molecular complexity index is 393. The Labute approximate surface area is 117 Å². The maximum Gasteiger partial charge on any atom is 0.305 e. The summed E-state index contributed by atoms with van der Waals surface area (Å²) in [6.07, 6.45) is 13.4. The van der Waals surface area contributed by atoms with Crippen LogP contribution >= 0.6 is 0 Å². The number of hydrogen-bond acceptors (Lipinski definition) is 2. The maximum atomic E-state index is 10.8. The van der Waals surface area contributed by atoms with Crippen molar-refractivity contribution in [1.29, 1.82) is 0 Å². The van der Waals surface area contributed by atoms with Crippen molar-refractivity contribution in [3.63, 3.8) is 0 Å². The summed E-state index contributed by atoms with van der Waals surface area (Å²) >= 11 is 0. The molecule has 0 unspecified atom stereocenters. The minimum Gasteiger partial charge on any atom is -0.469 e. The van der Waals surface area contributed by atoms with Crippen LogP contribution in [0.25, 0.3) is 0 Å². The van der Waals surface area contributed by atoms with Gasteiger partial charge in [0.05, 0.1) is 7.11 Å². The van der Waals surface area contributed by atoms with Gasteiger partial charge in [-0.15, -0.1) is 12.3 Å². The van der Waals surface area contributed by atoms with Gasteiger partial charge >= 0.3 is 5.97 Å². The first-order valence-electron chi connectivity index (χ1n) is 6.77. The monoisotopic (exact) mass is 258 g/mol. The molecule has 0 aliphatic heterocycles. The first-order valence-corrected chi connectivity index (χ1v) is 6.77. The Morgan fingerprint density at radius 2 is 1.53 bits per heavy atom. The Morgan fingerprint density at radius 3 is 2.11 bits per heavy atom. The number of methoxy groups -OCH3 is 1. The van der Waals surface area contributed by atoms with Gasteiger partial charge in [-0.3, -0.25) is 4.79 Å². The number of carbonyl (C=O) groups excluding carboxylic acids is 1. The number of esters is 1. The molecule has 0 saturated carbocycles. The quantitative estimate of drug-likeness (QED) is 0.379. The van der Waals surface area contributed by atoms with Crippen molar-refractivity contribution in [2.24, 2.45) is 0 Å². The smallest absolute Gasteiger partial charge is 0.305 e. The highest BCUT2D eigenvalue weighted by Gasteiger charge is 1.96. The fourth-order valence-corrected chi connectivity index (χ4v) is 1.43. The van der Waals surface area contributed by atoms with Gasteiger partial charge in [0.25, 0.3) is 0 Å². The predicted octanol–water partition coefficient (Wildman–Crippen LogP) is 3.31. The van der Waals surface area contributed by atoms with E-state index in [2.05, 4.69) is 34.3 Å². The molecule has 0 saturated heterocycles. The average molecular weight is 258 g/mol. The number of carbonyl (C=O) groups is 1. The van der Waals surface area contributed by atoms with Crippen LogP contribution in [0.3, 0.4) is 0 Å². The number of rotatable bonds is 8. The molecular weight excluding hydrogens is 236 g/mol. The zero-order chi connectivity index (χ0) is 14.2. The Hall–Kier alpha value is -1.85. The topological polar surface area (TPSA) is 26.3 Å². The van der Waals surface area contributed by atoms with Crippen LogP contribution in [0.2, 0.25) is 0 Å². The van der Waals surface area contributed by atoms with Gasteiger partial charge in [-0.05, 0) is 31.1 Å². The average Bonchev–Trinajstić information content (AvgIpc) is 2.43. The van der Waals surface area contributed by atoms with Crippen LogP contribution in [0.5, 0.6) is 0 Å². The molecule has 0 spiro atoms. The normalized spacial score (nSPS) is 8.42. The summed E-state index contributed by atoms with van der Waals surface area (Å²) in [6.45, 7) is 0. The summed E-state index contributed by atoms with van der Waals surface area (Å²) in [5.41, 5.74) is 0. The predicted molar refractivity (Wildman–Crippen MR) is 78.0 cm³/mol. The third-order valence-electron chi connectivity index (χ3n) is 2.52. The Kier molecular flexibility index (Phi) is 12.8. The third-order valence-corrected chi connectivity index (χ3v) is 2.52. The molecule has 0 bridgehead atoms. The van der Waals surface area contributed by atoms with Gasteiger partial charge in [0.2, 0.25) is 0 Å². The second kappa shape index (κ2) is 14.2. The first-order chi connectivity index (χ1) is 9.31. The van der Waals surface area contributed by atoms with Crippen LogP contribution in [0.1, 0.15) is 57.8 Å². The zero-order valence-corrected chi connectivity index (χ0v) is 11.8. The van der Waals surface area contributed by atoms with Gasteiger partial charge < -0.3 is 4.74 Å². The highest BCUT2D eigenvalue weighted by molar-refractivity contribution is 5.69. The fourth-order valence-electron chi connectivity index (χ4n) is 1.43. The van der Waals surface area contributed by atoms with Crippen LogP contribution in [0.15, 0.2) is 0 Å². The van der Waals surface area contributed by atoms with E-state index in [0.29, 0.717) is 12.8 Å². The molecule has 2 heteroatoms. The third kappa shape index (κ3) is 14.1.